The Balaban J connectivity index is 2.73. The van der Waals surface area contributed by atoms with Crippen molar-refractivity contribution in [1.82, 2.24) is 9.44 Å². The number of rotatable bonds is 6. The Morgan fingerprint density at radius 3 is 2.13 bits per heavy atom. The van der Waals surface area contributed by atoms with Crippen LogP contribution < -0.4 is 9.44 Å². The van der Waals surface area contributed by atoms with Gasteiger partial charge in [0.1, 0.15) is 0 Å². The molecule has 0 aliphatic carbocycles. The van der Waals surface area contributed by atoms with Gasteiger partial charge < -0.3 is 0 Å². The molecule has 0 bridgehead atoms. The molecule has 4 heteroatoms. The zero-order chi connectivity index (χ0) is 11.1. The molecule has 0 fully saturated rings. The van der Waals surface area contributed by atoms with E-state index in [1.165, 1.54) is 5.56 Å². The summed E-state index contributed by atoms with van der Waals surface area (Å²) in [5.74, 6) is 0. The van der Waals surface area contributed by atoms with E-state index in [0.29, 0.717) is 12.1 Å². The maximum atomic E-state index is 3.42. The maximum Gasteiger partial charge on any atom is 0.0580 e. The third-order valence-corrected chi connectivity index (χ3v) is 3.30. The Hall–Kier alpha value is -0.160. The molecule has 0 saturated heterocycles. The van der Waals surface area contributed by atoms with Crippen molar-refractivity contribution in [2.75, 3.05) is 12.5 Å². The highest BCUT2D eigenvalue weighted by molar-refractivity contribution is 7.97. The molecule has 2 nitrogen and oxygen atoms in total. The minimum absolute atomic E-state index is 0.341. The molecular formula is C11H18N2S2. The molecule has 1 aromatic rings. The van der Waals surface area contributed by atoms with E-state index in [0.717, 1.165) is 0 Å². The highest BCUT2D eigenvalue weighted by atomic mass is 32.2. The highest BCUT2D eigenvalue weighted by Gasteiger charge is 2.17. The van der Waals surface area contributed by atoms with E-state index in [-0.39, 0.29) is 0 Å². The Kier molecular flexibility index (Phi) is 6.17. The molecule has 0 unspecified atom stereocenters. The Labute approximate surface area is 101 Å². The van der Waals surface area contributed by atoms with Crippen LogP contribution >= 0.6 is 23.9 Å². The number of hydrogen-bond donors (Lipinski definition) is 2. The van der Waals surface area contributed by atoms with Gasteiger partial charge in [-0.05, 0) is 25.0 Å². The summed E-state index contributed by atoms with van der Waals surface area (Å²) in [5.41, 5.74) is 1.32. The van der Waals surface area contributed by atoms with E-state index in [1.54, 1.807) is 23.9 Å². The van der Waals surface area contributed by atoms with Crippen LogP contribution in [-0.2, 0) is 0 Å². The third-order valence-electron chi connectivity index (χ3n) is 2.21. The summed E-state index contributed by atoms with van der Waals surface area (Å²) in [7, 11) is 0. The number of nitrogens with one attached hydrogen (secondary N) is 2. The van der Waals surface area contributed by atoms with E-state index in [1.807, 2.05) is 6.07 Å². The minimum atomic E-state index is 0.341. The van der Waals surface area contributed by atoms with Crippen molar-refractivity contribution in [1.29, 1.82) is 0 Å². The van der Waals surface area contributed by atoms with Crippen molar-refractivity contribution in [2.45, 2.75) is 19.0 Å². The van der Waals surface area contributed by atoms with E-state index >= 15 is 0 Å². The molecule has 1 aromatic carbocycles. The SMILES string of the molecule is CSN[C@H](c1ccccc1)[C@@H](C)NSC. The summed E-state index contributed by atoms with van der Waals surface area (Å²) in [6.07, 6.45) is 4.11. The van der Waals surface area contributed by atoms with Gasteiger partial charge in [0.15, 0.2) is 0 Å². The van der Waals surface area contributed by atoms with Crippen LogP contribution in [0.25, 0.3) is 0 Å². The van der Waals surface area contributed by atoms with Gasteiger partial charge in [-0.3, -0.25) is 9.44 Å². The summed E-state index contributed by atoms with van der Waals surface area (Å²) in [6, 6.07) is 11.3. The van der Waals surface area contributed by atoms with Gasteiger partial charge in [-0.25, -0.2) is 0 Å². The average Bonchev–Trinajstić information content (AvgIpc) is 2.27. The molecule has 15 heavy (non-hydrogen) atoms. The summed E-state index contributed by atoms with van der Waals surface area (Å²) >= 11 is 3.32. The smallest absolute Gasteiger partial charge is 0.0580 e. The largest absolute Gasteiger partial charge is 0.260 e. The predicted molar refractivity (Wildman–Crippen MR) is 71.9 cm³/mol. The monoisotopic (exact) mass is 242 g/mol. The molecule has 0 aliphatic rings. The second kappa shape index (κ2) is 7.17. The fourth-order valence-electron chi connectivity index (χ4n) is 1.50. The molecule has 0 heterocycles. The van der Waals surface area contributed by atoms with Gasteiger partial charge in [-0.1, -0.05) is 54.2 Å². The van der Waals surface area contributed by atoms with Crippen LogP contribution in [0.4, 0.5) is 0 Å². The molecule has 0 radical (unpaired) electrons. The van der Waals surface area contributed by atoms with Crippen molar-refractivity contribution in [3.05, 3.63) is 35.9 Å². The van der Waals surface area contributed by atoms with Crippen molar-refractivity contribution >= 4 is 23.9 Å². The number of hydrogen-bond acceptors (Lipinski definition) is 4. The van der Waals surface area contributed by atoms with Crippen molar-refractivity contribution in [3.63, 3.8) is 0 Å². The van der Waals surface area contributed by atoms with Crippen LogP contribution in [0.1, 0.15) is 18.5 Å². The fraction of sp³-hybridized carbons (Fsp3) is 0.455. The zero-order valence-corrected chi connectivity index (χ0v) is 11.0. The van der Waals surface area contributed by atoms with Gasteiger partial charge in [0.2, 0.25) is 0 Å². The van der Waals surface area contributed by atoms with Gasteiger partial charge in [-0.2, -0.15) is 0 Å². The molecule has 0 spiro atoms. The lowest BCUT2D eigenvalue weighted by Gasteiger charge is -2.24. The van der Waals surface area contributed by atoms with Gasteiger partial charge >= 0.3 is 0 Å². The van der Waals surface area contributed by atoms with Crippen molar-refractivity contribution in [3.8, 4) is 0 Å². The highest BCUT2D eigenvalue weighted by Crippen LogP contribution is 2.19. The van der Waals surface area contributed by atoms with Crippen LogP contribution in [0.15, 0.2) is 30.3 Å². The van der Waals surface area contributed by atoms with Crippen LogP contribution in [0, 0.1) is 0 Å². The zero-order valence-electron chi connectivity index (χ0n) is 9.36. The maximum absolute atomic E-state index is 3.42. The summed E-state index contributed by atoms with van der Waals surface area (Å²) in [4.78, 5) is 0. The first-order valence-corrected chi connectivity index (χ1v) is 7.36. The molecule has 2 atom stereocenters. The Bertz CT molecular complexity index is 267. The molecule has 84 valence electrons. The standard InChI is InChI=1S/C11H18N2S2/c1-9(12-14-2)11(13-15-3)10-7-5-4-6-8-10/h4-9,11-13H,1-3H3/t9-,11+/m1/s1. The van der Waals surface area contributed by atoms with Crippen molar-refractivity contribution < 1.29 is 0 Å². The predicted octanol–water partition coefficient (Wildman–Crippen LogP) is 2.85. The first kappa shape index (κ1) is 12.9. The van der Waals surface area contributed by atoms with Gasteiger partial charge in [0.05, 0.1) is 6.04 Å². The molecule has 0 amide bonds. The normalized spacial score (nSPS) is 14.9. The first-order valence-electron chi connectivity index (χ1n) is 4.91. The lowest BCUT2D eigenvalue weighted by molar-refractivity contribution is 0.530. The van der Waals surface area contributed by atoms with E-state index < -0.39 is 0 Å². The quantitative estimate of drug-likeness (QED) is 0.749. The lowest BCUT2D eigenvalue weighted by Crippen LogP contribution is -2.33. The number of benzene rings is 1. The average molecular weight is 242 g/mol. The Morgan fingerprint density at radius 1 is 1.00 bits per heavy atom. The van der Waals surface area contributed by atoms with Crippen molar-refractivity contribution in [2.24, 2.45) is 0 Å². The van der Waals surface area contributed by atoms with E-state index in [2.05, 4.69) is 53.1 Å². The third kappa shape index (κ3) is 4.07. The summed E-state index contributed by atoms with van der Waals surface area (Å²) < 4.78 is 6.79. The van der Waals surface area contributed by atoms with E-state index in [4.69, 9.17) is 0 Å². The minimum Gasteiger partial charge on any atom is -0.260 e. The second-order valence-corrected chi connectivity index (χ2v) is 4.61. The van der Waals surface area contributed by atoms with E-state index in [9.17, 15) is 0 Å². The molecule has 1 rings (SSSR count). The molecule has 2 N–H and O–H groups in total. The topological polar surface area (TPSA) is 24.1 Å². The van der Waals surface area contributed by atoms with Crippen LogP contribution in [-0.4, -0.2) is 18.6 Å². The molecule has 0 saturated carbocycles. The molecule has 0 aliphatic heterocycles. The van der Waals surface area contributed by atoms with Gasteiger partial charge in [0, 0.05) is 6.04 Å². The molecule has 0 aromatic heterocycles. The van der Waals surface area contributed by atoms with Crippen LogP contribution in [0.2, 0.25) is 0 Å². The van der Waals surface area contributed by atoms with Crippen LogP contribution in [0.5, 0.6) is 0 Å². The summed E-state index contributed by atoms with van der Waals surface area (Å²) in [6.45, 7) is 2.19. The van der Waals surface area contributed by atoms with Crippen LogP contribution in [0.3, 0.4) is 0 Å². The van der Waals surface area contributed by atoms with Gasteiger partial charge in [0.25, 0.3) is 0 Å². The fourth-order valence-corrected chi connectivity index (χ4v) is 2.60. The second-order valence-electron chi connectivity index (χ2n) is 3.32. The first-order chi connectivity index (χ1) is 7.29. The lowest BCUT2D eigenvalue weighted by atomic mass is 10.0. The Morgan fingerprint density at radius 2 is 1.60 bits per heavy atom. The summed E-state index contributed by atoms with van der Waals surface area (Å²) in [5, 5.41) is 0. The van der Waals surface area contributed by atoms with Gasteiger partial charge in [-0.15, -0.1) is 0 Å². The molecular weight excluding hydrogens is 224 g/mol.